The van der Waals surface area contributed by atoms with Crippen LogP contribution in [0.4, 0.5) is 4.79 Å². The summed E-state index contributed by atoms with van der Waals surface area (Å²) in [5.74, 6) is 0.168. The monoisotopic (exact) mass is 295 g/mol. The first-order chi connectivity index (χ1) is 9.72. The fourth-order valence-electron chi connectivity index (χ4n) is 2.20. The third-order valence-electron chi connectivity index (χ3n) is 3.31. The lowest BCUT2D eigenvalue weighted by molar-refractivity contribution is -0.128. The first kappa shape index (κ1) is 15.7. The van der Waals surface area contributed by atoms with Crippen LogP contribution in [-0.2, 0) is 10.3 Å². The molecule has 21 heavy (non-hydrogen) atoms. The number of piperidine rings is 1. The Hall–Kier alpha value is -1.73. The minimum absolute atomic E-state index is 0.0241. The molecule has 2 N–H and O–H groups in total. The molecule has 1 aromatic rings. The fourth-order valence-corrected chi connectivity index (χ4v) is 2.20. The average molecular weight is 295 g/mol. The van der Waals surface area contributed by atoms with E-state index in [1.807, 2.05) is 0 Å². The molecular weight excluding hydrogens is 274 g/mol. The molecule has 0 saturated carbocycles. The molecule has 7 heteroatoms. The number of aromatic nitrogens is 2. The molecule has 7 nitrogen and oxygen atoms in total. The van der Waals surface area contributed by atoms with Crippen molar-refractivity contribution in [3.63, 3.8) is 0 Å². The fraction of sp³-hybridized carbons (Fsp3) is 0.643. The van der Waals surface area contributed by atoms with Crippen molar-refractivity contribution in [3.8, 4) is 0 Å². The summed E-state index contributed by atoms with van der Waals surface area (Å²) in [5, 5.41) is 20.8. The minimum atomic E-state index is -1.54. The quantitative estimate of drug-likeness (QED) is 0.790. The summed E-state index contributed by atoms with van der Waals surface area (Å²) in [6, 6.07) is 1.63. The van der Waals surface area contributed by atoms with Crippen LogP contribution in [0, 0.1) is 0 Å². The van der Waals surface area contributed by atoms with Gasteiger partial charge in [-0.15, -0.1) is 0 Å². The number of aliphatic hydroxyl groups excluding tert-OH is 1. The van der Waals surface area contributed by atoms with Crippen molar-refractivity contribution < 1.29 is 19.7 Å². The second-order valence-corrected chi connectivity index (χ2v) is 6.19. The Labute approximate surface area is 123 Å². The lowest BCUT2D eigenvalue weighted by atomic mass is 9.88. The standard InChI is InChI=1S/C14H21N3O4/c1-13(2,3)21-12(19)17-8-5-14(20,10(18)9-17)11-15-6-4-7-16-11/h4,6-7,10,18,20H,5,8-9H2,1-3H3/t10-,14+/m1/s1. The Morgan fingerprint density at radius 3 is 2.57 bits per heavy atom. The van der Waals surface area contributed by atoms with Crippen molar-refractivity contribution in [2.45, 2.75) is 44.5 Å². The molecule has 1 fully saturated rings. The van der Waals surface area contributed by atoms with Crippen LogP contribution in [0.1, 0.15) is 33.0 Å². The molecule has 0 bridgehead atoms. The number of hydrogen-bond donors (Lipinski definition) is 2. The Morgan fingerprint density at radius 2 is 2.05 bits per heavy atom. The van der Waals surface area contributed by atoms with Gasteiger partial charge in [-0.3, -0.25) is 0 Å². The van der Waals surface area contributed by atoms with Gasteiger partial charge in [0, 0.05) is 25.4 Å². The molecule has 1 aromatic heterocycles. The number of likely N-dealkylation sites (tertiary alicyclic amines) is 1. The summed E-state index contributed by atoms with van der Waals surface area (Å²) in [7, 11) is 0. The van der Waals surface area contributed by atoms with Crippen molar-refractivity contribution in [1.29, 1.82) is 0 Å². The average Bonchev–Trinajstić information content (AvgIpc) is 2.41. The highest BCUT2D eigenvalue weighted by atomic mass is 16.6. The zero-order chi connectivity index (χ0) is 15.7. The SMILES string of the molecule is CC(C)(C)OC(=O)N1CC[C@@](O)(c2ncccn2)[C@H](O)C1. The zero-order valence-electron chi connectivity index (χ0n) is 12.5. The molecule has 2 heterocycles. The lowest BCUT2D eigenvalue weighted by Gasteiger charge is -2.41. The maximum Gasteiger partial charge on any atom is 0.410 e. The maximum atomic E-state index is 12.0. The first-order valence-electron chi connectivity index (χ1n) is 6.88. The highest BCUT2D eigenvalue weighted by Crippen LogP contribution is 2.31. The summed E-state index contributed by atoms with van der Waals surface area (Å²) in [6.45, 7) is 5.57. The van der Waals surface area contributed by atoms with E-state index in [2.05, 4.69) is 9.97 Å². The molecule has 0 aliphatic carbocycles. The predicted molar refractivity (Wildman–Crippen MR) is 74.4 cm³/mol. The van der Waals surface area contributed by atoms with Gasteiger partial charge < -0.3 is 19.8 Å². The summed E-state index contributed by atoms with van der Waals surface area (Å²) in [5.41, 5.74) is -2.14. The van der Waals surface area contributed by atoms with Crippen molar-refractivity contribution in [2.24, 2.45) is 0 Å². The van der Waals surface area contributed by atoms with Gasteiger partial charge in [0.2, 0.25) is 0 Å². The highest BCUT2D eigenvalue weighted by Gasteiger charge is 2.46. The van der Waals surface area contributed by atoms with Crippen LogP contribution in [0.2, 0.25) is 0 Å². The highest BCUT2D eigenvalue weighted by molar-refractivity contribution is 5.68. The van der Waals surface area contributed by atoms with Crippen LogP contribution < -0.4 is 0 Å². The summed E-state index contributed by atoms with van der Waals surface area (Å²) >= 11 is 0. The number of nitrogens with zero attached hydrogens (tertiary/aromatic N) is 3. The van der Waals surface area contributed by atoms with Crippen molar-refractivity contribution in [1.82, 2.24) is 14.9 Å². The van der Waals surface area contributed by atoms with Crippen LogP contribution in [0.15, 0.2) is 18.5 Å². The normalized spacial score (nSPS) is 26.5. The van der Waals surface area contributed by atoms with E-state index >= 15 is 0 Å². The molecule has 2 rings (SSSR count). The van der Waals surface area contributed by atoms with Crippen LogP contribution in [0.3, 0.4) is 0 Å². The van der Waals surface area contributed by atoms with Crippen molar-refractivity contribution in [3.05, 3.63) is 24.3 Å². The van der Waals surface area contributed by atoms with Crippen LogP contribution in [0.25, 0.3) is 0 Å². The molecule has 0 spiro atoms. The summed E-state index contributed by atoms with van der Waals surface area (Å²) in [4.78, 5) is 21.4. The van der Waals surface area contributed by atoms with Crippen molar-refractivity contribution in [2.75, 3.05) is 13.1 Å². The molecule has 1 amide bonds. The number of carbonyl (C=O) groups is 1. The minimum Gasteiger partial charge on any atom is -0.444 e. The van der Waals surface area contributed by atoms with Gasteiger partial charge in [0.25, 0.3) is 0 Å². The van der Waals surface area contributed by atoms with E-state index < -0.39 is 23.4 Å². The molecule has 1 saturated heterocycles. The van der Waals surface area contributed by atoms with E-state index in [1.165, 1.54) is 17.3 Å². The van der Waals surface area contributed by atoms with E-state index in [9.17, 15) is 15.0 Å². The van der Waals surface area contributed by atoms with Gasteiger partial charge in [-0.25, -0.2) is 14.8 Å². The van der Waals surface area contributed by atoms with E-state index in [4.69, 9.17) is 4.74 Å². The summed E-state index contributed by atoms with van der Waals surface area (Å²) in [6.07, 6.45) is 1.50. The van der Waals surface area contributed by atoms with E-state index in [0.29, 0.717) is 0 Å². The number of hydrogen-bond acceptors (Lipinski definition) is 6. The lowest BCUT2D eigenvalue weighted by Crippen LogP contribution is -2.56. The smallest absolute Gasteiger partial charge is 0.410 e. The maximum absolute atomic E-state index is 12.0. The number of aliphatic hydroxyl groups is 2. The van der Waals surface area contributed by atoms with Gasteiger partial charge in [-0.2, -0.15) is 0 Å². The van der Waals surface area contributed by atoms with Crippen molar-refractivity contribution >= 4 is 6.09 Å². The first-order valence-corrected chi connectivity index (χ1v) is 6.88. The van der Waals surface area contributed by atoms with E-state index in [-0.39, 0.29) is 25.3 Å². The Kier molecular flexibility index (Phi) is 4.15. The second kappa shape index (κ2) is 5.57. The van der Waals surface area contributed by atoms with E-state index in [1.54, 1.807) is 26.8 Å². The summed E-state index contributed by atoms with van der Waals surface area (Å²) < 4.78 is 5.26. The van der Waals surface area contributed by atoms with Gasteiger partial charge in [0.05, 0.1) is 6.54 Å². The molecule has 0 aromatic carbocycles. The number of carbonyl (C=O) groups excluding carboxylic acids is 1. The Morgan fingerprint density at radius 1 is 1.43 bits per heavy atom. The van der Waals surface area contributed by atoms with Gasteiger partial charge >= 0.3 is 6.09 Å². The molecule has 2 atom stereocenters. The Balaban J connectivity index is 2.07. The second-order valence-electron chi connectivity index (χ2n) is 6.19. The van der Waals surface area contributed by atoms with Crippen LogP contribution in [0.5, 0.6) is 0 Å². The Bertz CT molecular complexity index is 503. The van der Waals surface area contributed by atoms with E-state index in [0.717, 1.165) is 0 Å². The van der Waals surface area contributed by atoms with Crippen LogP contribution in [-0.4, -0.2) is 56.0 Å². The predicted octanol–water partition coefficient (Wildman–Crippen LogP) is 0.666. The number of β-amino-alcohol motifs (C(OH)–C–C–N with tert-alkyl or cyclic N) is 1. The third-order valence-corrected chi connectivity index (χ3v) is 3.31. The number of ether oxygens (including phenoxy) is 1. The van der Waals surface area contributed by atoms with Gasteiger partial charge in [-0.1, -0.05) is 0 Å². The third kappa shape index (κ3) is 3.48. The molecular formula is C14H21N3O4. The van der Waals surface area contributed by atoms with Gasteiger partial charge in [0.15, 0.2) is 11.4 Å². The topological polar surface area (TPSA) is 95.8 Å². The van der Waals surface area contributed by atoms with Gasteiger partial charge in [0.1, 0.15) is 11.7 Å². The molecule has 0 unspecified atom stereocenters. The number of rotatable bonds is 1. The molecule has 116 valence electrons. The van der Waals surface area contributed by atoms with Gasteiger partial charge in [-0.05, 0) is 26.8 Å². The zero-order valence-corrected chi connectivity index (χ0v) is 12.5. The molecule has 1 aliphatic heterocycles. The van der Waals surface area contributed by atoms with Crippen LogP contribution >= 0.6 is 0 Å². The largest absolute Gasteiger partial charge is 0.444 e. The molecule has 0 radical (unpaired) electrons. The molecule has 1 aliphatic rings. The number of amides is 1.